The fourth-order valence-electron chi connectivity index (χ4n) is 3.66. The van der Waals surface area contributed by atoms with Gasteiger partial charge in [0.25, 0.3) is 0 Å². The molecule has 0 saturated carbocycles. The minimum absolute atomic E-state index is 0.450. The highest BCUT2D eigenvalue weighted by Crippen LogP contribution is 2.18. The Kier molecular flexibility index (Phi) is 20.8. The first-order valence-electron chi connectivity index (χ1n) is 15.2. The van der Waals surface area contributed by atoms with Gasteiger partial charge in [0.05, 0.1) is 106 Å². The van der Waals surface area contributed by atoms with Crippen molar-refractivity contribution in [1.82, 2.24) is 0 Å². The van der Waals surface area contributed by atoms with Crippen molar-refractivity contribution in [2.45, 2.75) is 0 Å². The third-order valence-electron chi connectivity index (χ3n) is 5.87. The summed E-state index contributed by atoms with van der Waals surface area (Å²) in [5, 5.41) is 0. The van der Waals surface area contributed by atoms with Crippen LogP contribution in [0.25, 0.3) is 0 Å². The Labute approximate surface area is 260 Å². The van der Waals surface area contributed by atoms with Crippen molar-refractivity contribution in [2.24, 2.45) is 0 Å². The third-order valence-corrected chi connectivity index (χ3v) is 5.87. The topological polar surface area (TPSA) is 111 Å². The number of ether oxygens (including phenoxy) is 12. The van der Waals surface area contributed by atoms with Gasteiger partial charge < -0.3 is 56.8 Å². The van der Waals surface area contributed by atoms with Gasteiger partial charge in [0.15, 0.2) is 0 Å². The molecule has 4 heterocycles. The molecule has 0 aromatic heterocycles. The number of hydrogen-bond acceptors (Lipinski definition) is 12. The van der Waals surface area contributed by atoms with Gasteiger partial charge in [0.2, 0.25) is 0 Å². The van der Waals surface area contributed by atoms with Crippen LogP contribution in [-0.4, -0.2) is 132 Å². The molecule has 0 atom stereocenters. The molecule has 44 heavy (non-hydrogen) atoms. The van der Waals surface area contributed by atoms with E-state index in [1.54, 1.807) is 0 Å². The molecule has 248 valence electrons. The smallest absolute Gasteiger partial charge is 0.119 e. The van der Waals surface area contributed by atoms with Crippen LogP contribution in [0.15, 0.2) is 48.5 Å². The van der Waals surface area contributed by atoms with Crippen LogP contribution in [0.3, 0.4) is 0 Å². The van der Waals surface area contributed by atoms with Gasteiger partial charge in [-0.25, -0.2) is 0 Å². The molecule has 0 saturated heterocycles. The highest BCUT2D eigenvalue weighted by Gasteiger charge is 2.00. The third kappa shape index (κ3) is 18.9. The SMILES string of the molecule is c1cc2ccc1OCCOCCOCCOCCOCCOc1ccc(cc1)OCCOCCOCCOCCOCCO2. The van der Waals surface area contributed by atoms with Gasteiger partial charge in [-0.3, -0.25) is 0 Å². The summed E-state index contributed by atoms with van der Waals surface area (Å²) < 4.78 is 67.1. The van der Waals surface area contributed by atoms with Crippen LogP contribution in [0.2, 0.25) is 0 Å². The highest BCUT2D eigenvalue weighted by atomic mass is 16.6. The lowest BCUT2D eigenvalue weighted by atomic mass is 10.3. The molecule has 2 aromatic rings. The molecule has 0 spiro atoms. The molecule has 2 aromatic carbocycles. The minimum atomic E-state index is 0.450. The zero-order valence-corrected chi connectivity index (χ0v) is 25.7. The van der Waals surface area contributed by atoms with Gasteiger partial charge in [-0.2, -0.15) is 0 Å². The van der Waals surface area contributed by atoms with Crippen LogP contribution < -0.4 is 18.9 Å². The Morgan fingerprint density at radius 1 is 0.205 bits per heavy atom. The van der Waals surface area contributed by atoms with E-state index >= 15 is 0 Å². The summed E-state index contributed by atoms with van der Waals surface area (Å²) in [5.74, 6) is 3.02. The first-order valence-corrected chi connectivity index (χ1v) is 15.2. The highest BCUT2D eigenvalue weighted by molar-refractivity contribution is 5.32. The molecule has 0 aliphatic carbocycles. The van der Waals surface area contributed by atoms with E-state index in [-0.39, 0.29) is 0 Å². The van der Waals surface area contributed by atoms with E-state index in [9.17, 15) is 0 Å². The molecule has 0 radical (unpaired) electrons. The van der Waals surface area contributed by atoms with Crippen LogP contribution in [-0.2, 0) is 37.9 Å². The number of benzene rings is 2. The molecule has 4 aliphatic heterocycles. The Balaban J connectivity index is 1.26. The fraction of sp³-hybridized carbons (Fsp3) is 0.625. The molecular formula is C32H48O12. The predicted molar refractivity (Wildman–Crippen MR) is 161 cm³/mol. The largest absolute Gasteiger partial charge is 0.491 e. The monoisotopic (exact) mass is 624 g/mol. The molecule has 0 unspecified atom stereocenters. The molecule has 12 nitrogen and oxygen atoms in total. The fourth-order valence-corrected chi connectivity index (χ4v) is 3.66. The first kappa shape index (κ1) is 35.8. The summed E-state index contributed by atoms with van der Waals surface area (Å²) in [5.41, 5.74) is 0. The summed E-state index contributed by atoms with van der Waals surface area (Å²) in [6, 6.07) is 14.9. The van der Waals surface area contributed by atoms with E-state index in [0.29, 0.717) is 132 Å². The van der Waals surface area contributed by atoms with Gasteiger partial charge in [0, 0.05) is 0 Å². The lowest BCUT2D eigenvalue weighted by Gasteiger charge is -2.11. The Hall–Kier alpha value is -2.68. The summed E-state index contributed by atoms with van der Waals surface area (Å²) in [6.07, 6.45) is 0. The van der Waals surface area contributed by atoms with E-state index in [0.717, 1.165) is 23.0 Å². The van der Waals surface area contributed by atoms with Crippen LogP contribution in [0.4, 0.5) is 0 Å². The molecule has 0 N–H and O–H groups in total. The zero-order valence-electron chi connectivity index (χ0n) is 25.7. The lowest BCUT2D eigenvalue weighted by Crippen LogP contribution is -2.15. The standard InChI is InChI=1S/C32H48O12/c1-2-30-4-3-29(1)41-25-21-37-17-13-33-9-10-35-15-19-39-23-27-43-31-5-7-32(8-6-31)44-28-24-40-20-16-36-12-11-34-14-18-38-22-26-42-30/h1-8H,9-28H2. The average molecular weight is 625 g/mol. The lowest BCUT2D eigenvalue weighted by molar-refractivity contribution is -0.00716. The molecule has 6 rings (SSSR count). The van der Waals surface area contributed by atoms with Crippen LogP contribution in [0, 0.1) is 0 Å². The van der Waals surface area contributed by atoms with Gasteiger partial charge in [-0.15, -0.1) is 0 Å². The van der Waals surface area contributed by atoms with Crippen molar-refractivity contribution in [3.8, 4) is 23.0 Å². The van der Waals surface area contributed by atoms with Crippen LogP contribution in [0.1, 0.15) is 0 Å². The predicted octanol–water partition coefficient (Wildman–Crippen LogP) is 3.05. The van der Waals surface area contributed by atoms with Gasteiger partial charge in [0.1, 0.15) is 49.4 Å². The van der Waals surface area contributed by atoms with Crippen molar-refractivity contribution in [2.75, 3.05) is 132 Å². The number of rotatable bonds is 0. The van der Waals surface area contributed by atoms with Crippen LogP contribution in [0.5, 0.6) is 23.0 Å². The molecule has 0 fully saturated rings. The van der Waals surface area contributed by atoms with E-state index in [1.165, 1.54) is 0 Å². The normalized spacial score (nSPS) is 19.8. The Morgan fingerprint density at radius 3 is 0.500 bits per heavy atom. The minimum Gasteiger partial charge on any atom is -0.491 e. The second kappa shape index (κ2) is 25.6. The van der Waals surface area contributed by atoms with Crippen molar-refractivity contribution >= 4 is 0 Å². The second-order valence-electron chi connectivity index (χ2n) is 9.24. The maximum absolute atomic E-state index is 5.70. The van der Waals surface area contributed by atoms with Gasteiger partial charge in [-0.05, 0) is 48.5 Å². The first-order chi connectivity index (χ1) is 21.9. The molecule has 0 amide bonds. The molecule has 12 heteroatoms. The summed E-state index contributed by atoms with van der Waals surface area (Å²) >= 11 is 0. The average Bonchev–Trinajstić information content (AvgIpc) is 3.05. The quantitative estimate of drug-likeness (QED) is 0.430. The van der Waals surface area contributed by atoms with Crippen molar-refractivity contribution in [1.29, 1.82) is 0 Å². The Morgan fingerprint density at radius 2 is 0.341 bits per heavy atom. The van der Waals surface area contributed by atoms with Crippen molar-refractivity contribution < 1.29 is 56.8 Å². The second-order valence-corrected chi connectivity index (χ2v) is 9.24. The van der Waals surface area contributed by atoms with Crippen molar-refractivity contribution in [3.05, 3.63) is 48.5 Å². The molecule has 4 bridgehead atoms. The van der Waals surface area contributed by atoms with E-state index in [4.69, 9.17) is 56.8 Å². The zero-order chi connectivity index (χ0) is 30.6. The van der Waals surface area contributed by atoms with Crippen molar-refractivity contribution in [3.63, 3.8) is 0 Å². The maximum atomic E-state index is 5.70. The van der Waals surface area contributed by atoms with Gasteiger partial charge in [-0.1, -0.05) is 0 Å². The summed E-state index contributed by atoms with van der Waals surface area (Å²) in [7, 11) is 0. The molecule has 4 aliphatic rings. The van der Waals surface area contributed by atoms with Gasteiger partial charge >= 0.3 is 0 Å². The number of hydrogen-bond donors (Lipinski definition) is 0. The molecular weight excluding hydrogens is 576 g/mol. The van der Waals surface area contributed by atoms with E-state index in [1.807, 2.05) is 48.5 Å². The van der Waals surface area contributed by atoms with E-state index < -0.39 is 0 Å². The van der Waals surface area contributed by atoms with Crippen LogP contribution >= 0.6 is 0 Å². The summed E-state index contributed by atoms with van der Waals surface area (Å²) in [4.78, 5) is 0. The van der Waals surface area contributed by atoms with E-state index in [2.05, 4.69) is 0 Å². The Bertz CT molecular complexity index is 763. The summed E-state index contributed by atoms with van der Waals surface area (Å²) in [6.45, 7) is 9.65. The maximum Gasteiger partial charge on any atom is 0.119 e.